The molecule has 2 aromatic rings. The Labute approximate surface area is 180 Å². The van der Waals surface area contributed by atoms with E-state index in [2.05, 4.69) is 15.6 Å². The van der Waals surface area contributed by atoms with Crippen molar-refractivity contribution in [3.63, 3.8) is 0 Å². The summed E-state index contributed by atoms with van der Waals surface area (Å²) in [5.74, 6) is -0.780. The fraction of sp³-hybridized carbons (Fsp3) is 0.350. The predicted octanol–water partition coefficient (Wildman–Crippen LogP) is 3.04. The minimum Gasteiger partial charge on any atom is -0.325 e. The Kier molecular flexibility index (Phi) is 6.74. The fourth-order valence-corrected chi connectivity index (χ4v) is 5.25. The minimum atomic E-state index is -3.77. The van der Waals surface area contributed by atoms with Gasteiger partial charge in [-0.05, 0) is 49.6 Å². The van der Waals surface area contributed by atoms with Gasteiger partial charge >= 0.3 is 0 Å². The van der Waals surface area contributed by atoms with E-state index < -0.39 is 10.0 Å². The van der Waals surface area contributed by atoms with Gasteiger partial charge < -0.3 is 10.6 Å². The number of sulfonamides is 1. The summed E-state index contributed by atoms with van der Waals surface area (Å²) < 4.78 is 27.0. The second-order valence-corrected chi connectivity index (χ2v) is 9.45. The summed E-state index contributed by atoms with van der Waals surface area (Å²) in [5, 5.41) is 5.50. The molecule has 10 heteroatoms. The molecule has 0 unspecified atom stereocenters. The van der Waals surface area contributed by atoms with E-state index in [4.69, 9.17) is 11.6 Å². The topological polar surface area (TPSA) is 108 Å². The zero-order valence-corrected chi connectivity index (χ0v) is 18.3. The van der Waals surface area contributed by atoms with Gasteiger partial charge in [-0.2, -0.15) is 4.31 Å². The highest BCUT2D eigenvalue weighted by Crippen LogP contribution is 2.29. The van der Waals surface area contributed by atoms with E-state index in [1.165, 1.54) is 29.6 Å². The van der Waals surface area contributed by atoms with Crippen molar-refractivity contribution in [1.29, 1.82) is 0 Å². The highest BCUT2D eigenvalue weighted by molar-refractivity contribution is 7.89. The minimum absolute atomic E-state index is 0.0331. The summed E-state index contributed by atoms with van der Waals surface area (Å²) >= 11 is 5.95. The van der Waals surface area contributed by atoms with E-state index in [1.807, 2.05) is 13.0 Å². The molecule has 1 aromatic heterocycles. The standard InChI is InChI=1S/C20H23ClN4O4S/c1-13-5-6-16(23-14(2)26)17(12-13)24-20(27)15-7-10-25(11-8-15)30(28,29)18-4-3-9-22-19(18)21/h3-6,9,12,15H,7-8,10-11H2,1-2H3,(H,23,26)(H,24,27). The van der Waals surface area contributed by atoms with Crippen LogP contribution < -0.4 is 10.6 Å². The number of halogens is 1. The number of pyridine rings is 1. The number of benzene rings is 1. The van der Waals surface area contributed by atoms with Crippen molar-refractivity contribution >= 4 is 44.8 Å². The summed E-state index contributed by atoms with van der Waals surface area (Å²) in [6, 6.07) is 8.30. The van der Waals surface area contributed by atoms with Gasteiger partial charge in [0.25, 0.3) is 0 Å². The monoisotopic (exact) mass is 450 g/mol. The van der Waals surface area contributed by atoms with Crippen LogP contribution in [0, 0.1) is 12.8 Å². The van der Waals surface area contributed by atoms with Crippen LogP contribution in [-0.4, -0.2) is 42.6 Å². The van der Waals surface area contributed by atoms with Crippen LogP contribution in [0.15, 0.2) is 41.4 Å². The highest BCUT2D eigenvalue weighted by atomic mass is 35.5. The molecule has 0 aliphatic carbocycles. The Morgan fingerprint density at radius 3 is 2.47 bits per heavy atom. The lowest BCUT2D eigenvalue weighted by Crippen LogP contribution is -2.41. The Bertz CT molecular complexity index is 1070. The summed E-state index contributed by atoms with van der Waals surface area (Å²) in [6.45, 7) is 3.70. The number of nitrogens with one attached hydrogen (secondary N) is 2. The number of piperidine rings is 1. The van der Waals surface area contributed by atoms with Crippen LogP contribution in [0.3, 0.4) is 0 Å². The van der Waals surface area contributed by atoms with Gasteiger partial charge in [0.05, 0.1) is 11.4 Å². The third kappa shape index (κ3) is 4.97. The number of hydrogen-bond donors (Lipinski definition) is 2. The highest BCUT2D eigenvalue weighted by Gasteiger charge is 2.33. The van der Waals surface area contributed by atoms with E-state index in [1.54, 1.807) is 12.1 Å². The van der Waals surface area contributed by atoms with E-state index in [0.717, 1.165) is 5.56 Å². The number of aromatic nitrogens is 1. The molecule has 0 radical (unpaired) electrons. The van der Waals surface area contributed by atoms with Crippen molar-refractivity contribution in [1.82, 2.24) is 9.29 Å². The Balaban J connectivity index is 1.67. The maximum absolute atomic E-state index is 12.8. The third-order valence-corrected chi connectivity index (χ3v) is 7.25. The smallest absolute Gasteiger partial charge is 0.246 e. The number of amides is 2. The number of nitrogens with zero attached hydrogens (tertiary/aromatic N) is 2. The van der Waals surface area contributed by atoms with Crippen LogP contribution in [-0.2, 0) is 19.6 Å². The van der Waals surface area contributed by atoms with Crippen molar-refractivity contribution in [3.05, 3.63) is 47.2 Å². The fourth-order valence-electron chi connectivity index (χ4n) is 3.36. The molecular weight excluding hydrogens is 428 g/mol. The summed E-state index contributed by atoms with van der Waals surface area (Å²) in [4.78, 5) is 28.0. The summed E-state index contributed by atoms with van der Waals surface area (Å²) in [5.41, 5.74) is 1.98. The number of hydrogen-bond acceptors (Lipinski definition) is 5. The van der Waals surface area contributed by atoms with Gasteiger partial charge in [0.2, 0.25) is 21.8 Å². The van der Waals surface area contributed by atoms with Gasteiger partial charge in [0.15, 0.2) is 0 Å². The second kappa shape index (κ2) is 9.11. The molecule has 30 heavy (non-hydrogen) atoms. The number of aryl methyl sites for hydroxylation is 1. The van der Waals surface area contributed by atoms with Gasteiger partial charge in [-0.1, -0.05) is 17.7 Å². The van der Waals surface area contributed by atoms with Crippen molar-refractivity contribution in [2.45, 2.75) is 31.6 Å². The zero-order chi connectivity index (χ0) is 21.9. The van der Waals surface area contributed by atoms with Crippen LogP contribution in [0.4, 0.5) is 11.4 Å². The largest absolute Gasteiger partial charge is 0.325 e. The first-order valence-corrected chi connectivity index (χ1v) is 11.3. The molecule has 0 bridgehead atoms. The molecule has 0 saturated carbocycles. The first kappa shape index (κ1) is 22.2. The van der Waals surface area contributed by atoms with E-state index >= 15 is 0 Å². The molecule has 0 spiro atoms. The molecule has 1 aliphatic heterocycles. The van der Waals surface area contributed by atoms with Gasteiger partial charge in [0.1, 0.15) is 10.0 Å². The molecule has 1 fully saturated rings. The molecular formula is C20H23ClN4O4S. The maximum atomic E-state index is 12.8. The first-order valence-electron chi connectivity index (χ1n) is 9.48. The molecule has 2 amide bonds. The van der Waals surface area contributed by atoms with Crippen LogP contribution in [0.1, 0.15) is 25.3 Å². The SMILES string of the molecule is CC(=O)Nc1ccc(C)cc1NC(=O)C1CCN(S(=O)(=O)c2cccnc2Cl)CC1. The average molecular weight is 451 g/mol. The predicted molar refractivity (Wildman–Crippen MR) is 115 cm³/mol. The molecule has 8 nitrogen and oxygen atoms in total. The summed E-state index contributed by atoms with van der Waals surface area (Å²) in [7, 11) is -3.77. The molecule has 1 aromatic carbocycles. The average Bonchev–Trinajstić information content (AvgIpc) is 2.70. The second-order valence-electron chi connectivity index (χ2n) is 7.19. The normalized spacial score (nSPS) is 15.6. The van der Waals surface area contributed by atoms with Crippen molar-refractivity contribution in [3.8, 4) is 0 Å². The molecule has 1 aliphatic rings. The first-order chi connectivity index (χ1) is 14.2. The summed E-state index contributed by atoms with van der Waals surface area (Å²) in [6.07, 6.45) is 2.19. The van der Waals surface area contributed by atoms with E-state index in [9.17, 15) is 18.0 Å². The zero-order valence-electron chi connectivity index (χ0n) is 16.7. The van der Waals surface area contributed by atoms with Crippen molar-refractivity contribution in [2.24, 2.45) is 5.92 Å². The quantitative estimate of drug-likeness (QED) is 0.680. The number of carbonyl (C=O) groups is 2. The van der Waals surface area contributed by atoms with Gasteiger partial charge in [-0.3, -0.25) is 9.59 Å². The van der Waals surface area contributed by atoms with Crippen LogP contribution in [0.25, 0.3) is 0 Å². The molecule has 2 N–H and O–H groups in total. The Morgan fingerprint density at radius 1 is 1.13 bits per heavy atom. The maximum Gasteiger partial charge on any atom is 0.246 e. The van der Waals surface area contributed by atoms with Crippen molar-refractivity contribution < 1.29 is 18.0 Å². The van der Waals surface area contributed by atoms with E-state index in [-0.39, 0.29) is 40.9 Å². The van der Waals surface area contributed by atoms with Crippen LogP contribution in [0.5, 0.6) is 0 Å². The number of anilines is 2. The van der Waals surface area contributed by atoms with Gasteiger partial charge in [-0.25, -0.2) is 13.4 Å². The lowest BCUT2D eigenvalue weighted by atomic mass is 9.97. The molecule has 3 rings (SSSR count). The van der Waals surface area contributed by atoms with Crippen LogP contribution in [0.2, 0.25) is 5.15 Å². The van der Waals surface area contributed by atoms with Crippen LogP contribution >= 0.6 is 11.6 Å². The molecule has 160 valence electrons. The molecule has 0 atom stereocenters. The third-order valence-electron chi connectivity index (χ3n) is 4.91. The number of carbonyl (C=O) groups excluding carboxylic acids is 2. The Hall–Kier alpha value is -2.49. The van der Waals surface area contributed by atoms with E-state index in [0.29, 0.717) is 24.2 Å². The van der Waals surface area contributed by atoms with Crippen molar-refractivity contribution in [2.75, 3.05) is 23.7 Å². The lowest BCUT2D eigenvalue weighted by Gasteiger charge is -2.30. The van der Waals surface area contributed by atoms with Gasteiger partial charge in [0, 0.05) is 32.1 Å². The lowest BCUT2D eigenvalue weighted by molar-refractivity contribution is -0.121. The molecule has 1 saturated heterocycles. The number of rotatable bonds is 5. The Morgan fingerprint density at radius 2 is 1.83 bits per heavy atom. The molecule has 2 heterocycles. The van der Waals surface area contributed by atoms with Gasteiger partial charge in [-0.15, -0.1) is 0 Å².